The van der Waals surface area contributed by atoms with Gasteiger partial charge in [0, 0.05) is 11.3 Å². The first-order valence-electron chi connectivity index (χ1n) is 6.50. The number of aromatic carboxylic acids is 1. The lowest BCUT2D eigenvalue weighted by molar-refractivity contribution is 0.0697. The van der Waals surface area contributed by atoms with Crippen LogP contribution in [-0.4, -0.2) is 20.6 Å². The van der Waals surface area contributed by atoms with E-state index in [4.69, 9.17) is 16.7 Å². The second-order valence-electron chi connectivity index (χ2n) is 4.97. The van der Waals surface area contributed by atoms with Gasteiger partial charge in [0.25, 0.3) is 5.56 Å². The predicted octanol–water partition coefficient (Wildman–Crippen LogP) is 1.51. The molecule has 0 aliphatic heterocycles. The molecule has 0 radical (unpaired) electrons. The van der Waals surface area contributed by atoms with Crippen LogP contribution in [0.1, 0.15) is 28.0 Å². The highest BCUT2D eigenvalue weighted by atomic mass is 35.5. The molecule has 1 heterocycles. The molecule has 1 aliphatic carbocycles. The summed E-state index contributed by atoms with van der Waals surface area (Å²) in [6, 6.07) is 1.66. The van der Waals surface area contributed by atoms with E-state index in [1.54, 1.807) is 0 Å². The number of aromatic nitrogens is 2. The number of fused-ring (bicyclic) bond motifs is 1. The summed E-state index contributed by atoms with van der Waals surface area (Å²) in [7, 11) is 0. The fourth-order valence-corrected chi connectivity index (χ4v) is 2.85. The molecule has 22 heavy (non-hydrogen) atoms. The number of carbonyl (C=O) groups is 1. The number of carboxylic acid groups (broad SMARTS) is 1. The topological polar surface area (TPSA) is 92.2 Å². The van der Waals surface area contributed by atoms with E-state index in [0.717, 1.165) is 18.6 Å². The zero-order valence-corrected chi connectivity index (χ0v) is 11.9. The summed E-state index contributed by atoms with van der Waals surface area (Å²) in [5, 5.41) is 8.74. The van der Waals surface area contributed by atoms with E-state index in [1.165, 1.54) is 0 Å². The van der Waals surface area contributed by atoms with Crippen molar-refractivity contribution >= 4 is 17.6 Å². The highest BCUT2D eigenvalue weighted by molar-refractivity contribution is 6.33. The number of rotatable bonds is 2. The minimum Gasteiger partial charge on any atom is -0.478 e. The standard InChI is InChI=1S/C14H10ClFN2O4/c15-8-5-9(16)11(4-7(8)13(20)21)18-12(19)6-2-1-3-10(6)17-14(18)22/h4-5H,1-3H2,(H,17,22)(H,20,21). The van der Waals surface area contributed by atoms with Crippen molar-refractivity contribution in [1.29, 1.82) is 0 Å². The summed E-state index contributed by atoms with van der Waals surface area (Å²) >= 11 is 5.66. The van der Waals surface area contributed by atoms with Gasteiger partial charge < -0.3 is 10.1 Å². The Hall–Kier alpha value is -2.41. The number of nitrogens with zero attached hydrogens (tertiary/aromatic N) is 1. The normalized spacial score (nSPS) is 13.2. The second-order valence-corrected chi connectivity index (χ2v) is 5.38. The van der Waals surface area contributed by atoms with Crippen LogP contribution >= 0.6 is 11.6 Å². The summed E-state index contributed by atoms with van der Waals surface area (Å²) in [4.78, 5) is 38.1. The van der Waals surface area contributed by atoms with E-state index in [2.05, 4.69) is 4.98 Å². The highest BCUT2D eigenvalue weighted by Gasteiger charge is 2.22. The number of benzene rings is 1. The zero-order chi connectivity index (χ0) is 16.0. The average Bonchev–Trinajstić information content (AvgIpc) is 2.88. The van der Waals surface area contributed by atoms with Crippen LogP contribution in [0.4, 0.5) is 4.39 Å². The number of nitrogens with one attached hydrogen (secondary N) is 1. The lowest BCUT2D eigenvalue weighted by atomic mass is 10.2. The minimum absolute atomic E-state index is 0.306. The number of aromatic amines is 1. The van der Waals surface area contributed by atoms with Crippen LogP contribution in [0.3, 0.4) is 0 Å². The fraction of sp³-hybridized carbons (Fsp3) is 0.214. The van der Waals surface area contributed by atoms with E-state index in [9.17, 15) is 18.8 Å². The summed E-state index contributed by atoms with van der Waals surface area (Å²) in [5.41, 5.74) is -1.27. The smallest absolute Gasteiger partial charge is 0.337 e. The van der Waals surface area contributed by atoms with Gasteiger partial charge >= 0.3 is 11.7 Å². The van der Waals surface area contributed by atoms with Crippen molar-refractivity contribution in [2.45, 2.75) is 19.3 Å². The lowest BCUT2D eigenvalue weighted by Crippen LogP contribution is -2.37. The third-order valence-electron chi connectivity index (χ3n) is 3.65. The van der Waals surface area contributed by atoms with Crippen LogP contribution in [0.5, 0.6) is 0 Å². The molecule has 0 atom stereocenters. The number of hydrogen-bond donors (Lipinski definition) is 2. The SMILES string of the molecule is O=C(O)c1cc(-n2c(=O)[nH]c3c(c2=O)CCC3)c(F)cc1Cl. The Labute approximate surface area is 127 Å². The van der Waals surface area contributed by atoms with Crippen LogP contribution < -0.4 is 11.2 Å². The Morgan fingerprint density at radius 2 is 2.05 bits per heavy atom. The molecular weight excluding hydrogens is 315 g/mol. The molecule has 0 amide bonds. The van der Waals surface area contributed by atoms with Gasteiger partial charge in [-0.3, -0.25) is 4.79 Å². The molecule has 2 N–H and O–H groups in total. The first-order valence-corrected chi connectivity index (χ1v) is 6.87. The molecular formula is C14H10ClFN2O4. The van der Waals surface area contributed by atoms with Crippen molar-refractivity contribution in [2.24, 2.45) is 0 Å². The summed E-state index contributed by atoms with van der Waals surface area (Å²) in [6.07, 6.45) is 1.81. The molecule has 0 bridgehead atoms. The Morgan fingerprint density at radius 1 is 1.32 bits per heavy atom. The van der Waals surface area contributed by atoms with Gasteiger partial charge in [0.15, 0.2) is 0 Å². The number of carboxylic acids is 1. The number of hydrogen-bond acceptors (Lipinski definition) is 3. The van der Waals surface area contributed by atoms with E-state index in [0.29, 0.717) is 28.7 Å². The number of H-pyrrole nitrogens is 1. The van der Waals surface area contributed by atoms with Gasteiger partial charge in [-0.1, -0.05) is 11.6 Å². The highest BCUT2D eigenvalue weighted by Crippen LogP contribution is 2.23. The van der Waals surface area contributed by atoms with Crippen LogP contribution in [0, 0.1) is 5.82 Å². The summed E-state index contributed by atoms with van der Waals surface area (Å²) in [6.45, 7) is 0. The monoisotopic (exact) mass is 324 g/mol. The third kappa shape index (κ3) is 2.14. The van der Waals surface area contributed by atoms with Crippen molar-refractivity contribution in [1.82, 2.24) is 9.55 Å². The Kier molecular flexibility index (Phi) is 3.37. The van der Waals surface area contributed by atoms with Gasteiger partial charge in [0.2, 0.25) is 0 Å². The van der Waals surface area contributed by atoms with Crippen LogP contribution in [0.2, 0.25) is 5.02 Å². The van der Waals surface area contributed by atoms with Crippen molar-refractivity contribution in [3.05, 3.63) is 60.6 Å². The van der Waals surface area contributed by atoms with Crippen LogP contribution in [-0.2, 0) is 12.8 Å². The summed E-state index contributed by atoms with van der Waals surface area (Å²) < 4.78 is 14.7. The largest absolute Gasteiger partial charge is 0.478 e. The molecule has 114 valence electrons. The van der Waals surface area contributed by atoms with E-state index >= 15 is 0 Å². The summed E-state index contributed by atoms with van der Waals surface area (Å²) in [5.74, 6) is -2.32. The van der Waals surface area contributed by atoms with E-state index in [-0.39, 0.29) is 10.6 Å². The molecule has 2 aromatic rings. The van der Waals surface area contributed by atoms with E-state index in [1.807, 2.05) is 0 Å². The van der Waals surface area contributed by atoms with Crippen molar-refractivity contribution in [2.75, 3.05) is 0 Å². The van der Waals surface area contributed by atoms with Crippen LogP contribution in [0.25, 0.3) is 5.69 Å². The molecule has 6 nitrogen and oxygen atoms in total. The quantitative estimate of drug-likeness (QED) is 0.875. The van der Waals surface area contributed by atoms with Crippen LogP contribution in [0.15, 0.2) is 21.7 Å². The van der Waals surface area contributed by atoms with Gasteiger partial charge in [-0.25, -0.2) is 18.5 Å². The maximum absolute atomic E-state index is 14.1. The van der Waals surface area contributed by atoms with Gasteiger partial charge in [0.1, 0.15) is 5.82 Å². The zero-order valence-electron chi connectivity index (χ0n) is 11.2. The molecule has 1 aliphatic rings. The van der Waals surface area contributed by atoms with Crippen molar-refractivity contribution in [3.8, 4) is 5.69 Å². The fourth-order valence-electron chi connectivity index (χ4n) is 2.62. The molecule has 1 aromatic carbocycles. The average molecular weight is 325 g/mol. The molecule has 1 aromatic heterocycles. The van der Waals surface area contributed by atoms with Gasteiger partial charge in [-0.05, 0) is 31.4 Å². The first-order chi connectivity index (χ1) is 10.4. The first kappa shape index (κ1) is 14.5. The number of halogens is 2. The van der Waals surface area contributed by atoms with Gasteiger partial charge in [0.05, 0.1) is 16.3 Å². The van der Waals surface area contributed by atoms with Crippen molar-refractivity contribution in [3.63, 3.8) is 0 Å². The molecule has 0 saturated heterocycles. The molecule has 0 spiro atoms. The maximum atomic E-state index is 14.1. The Balaban J connectivity index is 2.34. The van der Waals surface area contributed by atoms with E-state index < -0.39 is 28.7 Å². The third-order valence-corrected chi connectivity index (χ3v) is 3.96. The molecule has 0 fully saturated rings. The molecule has 0 saturated carbocycles. The Morgan fingerprint density at radius 3 is 2.73 bits per heavy atom. The molecule has 8 heteroatoms. The minimum atomic E-state index is -1.38. The number of aryl methyl sites for hydroxylation is 1. The molecule has 0 unspecified atom stereocenters. The van der Waals surface area contributed by atoms with Gasteiger partial charge in [-0.15, -0.1) is 0 Å². The lowest BCUT2D eigenvalue weighted by Gasteiger charge is -2.10. The van der Waals surface area contributed by atoms with Crippen molar-refractivity contribution < 1.29 is 14.3 Å². The maximum Gasteiger partial charge on any atom is 0.337 e. The van der Waals surface area contributed by atoms with Gasteiger partial charge in [-0.2, -0.15) is 0 Å². The predicted molar refractivity (Wildman–Crippen MR) is 76.6 cm³/mol. The molecule has 3 rings (SSSR count). The second kappa shape index (κ2) is 5.10. The Bertz CT molecular complexity index is 916.